The molecule has 2 N–H and O–H groups in total. The van der Waals surface area contributed by atoms with E-state index in [0.29, 0.717) is 12.2 Å². The monoisotopic (exact) mass is 290 g/mol. The lowest BCUT2D eigenvalue weighted by Crippen LogP contribution is -2.18. The van der Waals surface area contributed by atoms with Gasteiger partial charge < -0.3 is 10.1 Å². The zero-order valence-electron chi connectivity index (χ0n) is 11.1. The molecule has 1 aromatic carbocycles. The molecular weight excluding hydrogens is 271 g/mol. The van der Waals surface area contributed by atoms with Crippen LogP contribution in [0.1, 0.15) is 12.8 Å². The van der Waals surface area contributed by atoms with E-state index in [9.17, 15) is 12.8 Å². The summed E-state index contributed by atoms with van der Waals surface area (Å²) in [5, 5.41) is 2.94. The molecule has 1 aromatic rings. The van der Waals surface area contributed by atoms with E-state index < -0.39 is 15.8 Å². The van der Waals surface area contributed by atoms with Crippen molar-refractivity contribution in [3.05, 3.63) is 24.0 Å². The van der Waals surface area contributed by atoms with Crippen molar-refractivity contribution < 1.29 is 17.5 Å². The van der Waals surface area contributed by atoms with E-state index in [0.717, 1.165) is 19.0 Å². The summed E-state index contributed by atoms with van der Waals surface area (Å²) < 4.78 is 44.2. The minimum absolute atomic E-state index is 0.0364. The largest absolute Gasteiger partial charge is 0.497 e. The Balaban J connectivity index is 2.67. The number of halogens is 1. The number of hydrogen-bond acceptors (Lipinski definition) is 4. The van der Waals surface area contributed by atoms with E-state index in [-0.39, 0.29) is 11.4 Å². The normalized spacial score (nSPS) is 11.3. The van der Waals surface area contributed by atoms with Crippen LogP contribution in [0.25, 0.3) is 0 Å². The van der Waals surface area contributed by atoms with Gasteiger partial charge in [-0.3, -0.25) is 4.72 Å². The number of anilines is 1. The first-order chi connectivity index (χ1) is 8.98. The second-order valence-corrected chi connectivity index (χ2v) is 5.92. The summed E-state index contributed by atoms with van der Waals surface area (Å²) in [5.41, 5.74) is -0.0898. The van der Waals surface area contributed by atoms with Crippen molar-refractivity contribution in [2.75, 3.05) is 31.2 Å². The van der Waals surface area contributed by atoms with Crippen molar-refractivity contribution in [3.8, 4) is 5.75 Å². The summed E-state index contributed by atoms with van der Waals surface area (Å²) in [4.78, 5) is 0. The Morgan fingerprint density at radius 1 is 1.32 bits per heavy atom. The van der Waals surface area contributed by atoms with E-state index in [4.69, 9.17) is 4.74 Å². The molecule has 0 aromatic heterocycles. The highest BCUT2D eigenvalue weighted by Gasteiger charge is 2.13. The molecule has 0 bridgehead atoms. The predicted molar refractivity (Wildman–Crippen MR) is 73.5 cm³/mol. The molecule has 0 saturated carbocycles. The predicted octanol–water partition coefficient (Wildman–Crippen LogP) is 1.58. The highest BCUT2D eigenvalue weighted by molar-refractivity contribution is 7.92. The first kappa shape index (κ1) is 15.7. The van der Waals surface area contributed by atoms with Gasteiger partial charge in [-0.05, 0) is 38.6 Å². The van der Waals surface area contributed by atoms with Crippen molar-refractivity contribution in [2.24, 2.45) is 0 Å². The summed E-state index contributed by atoms with van der Waals surface area (Å²) in [6.07, 6.45) is 1.26. The number of hydrogen-bond donors (Lipinski definition) is 2. The zero-order valence-corrected chi connectivity index (χ0v) is 11.9. The third-order valence-electron chi connectivity index (χ3n) is 2.53. The van der Waals surface area contributed by atoms with Gasteiger partial charge in [0.05, 0.1) is 18.6 Å². The van der Waals surface area contributed by atoms with Crippen molar-refractivity contribution >= 4 is 15.7 Å². The van der Waals surface area contributed by atoms with Gasteiger partial charge in [0.25, 0.3) is 0 Å². The lowest BCUT2D eigenvalue weighted by Gasteiger charge is -2.10. The average Bonchev–Trinajstić information content (AvgIpc) is 2.37. The lowest BCUT2D eigenvalue weighted by molar-refractivity contribution is 0.414. The fourth-order valence-corrected chi connectivity index (χ4v) is 2.70. The van der Waals surface area contributed by atoms with Crippen LogP contribution < -0.4 is 14.8 Å². The molecule has 0 saturated heterocycles. The van der Waals surface area contributed by atoms with Gasteiger partial charge in [0, 0.05) is 6.07 Å². The van der Waals surface area contributed by atoms with Gasteiger partial charge in [-0.25, -0.2) is 12.8 Å². The standard InChI is InChI=1S/C12H19FN2O3S/c1-14-7-3-4-8-19(16,17)15-12-9-10(18-2)5-6-11(12)13/h5-6,9,14-15H,3-4,7-8H2,1-2H3. The Hall–Kier alpha value is -1.34. The van der Waals surface area contributed by atoms with Crippen LogP contribution in [0, 0.1) is 5.82 Å². The first-order valence-corrected chi connectivity index (χ1v) is 7.62. The Morgan fingerprint density at radius 2 is 2.05 bits per heavy atom. The number of rotatable bonds is 8. The van der Waals surface area contributed by atoms with Crippen LogP contribution in [0.15, 0.2) is 18.2 Å². The molecule has 0 atom stereocenters. The molecule has 0 radical (unpaired) electrons. The molecule has 108 valence electrons. The molecule has 0 amide bonds. The third kappa shape index (κ3) is 5.44. The van der Waals surface area contributed by atoms with Crippen molar-refractivity contribution in [3.63, 3.8) is 0 Å². The van der Waals surface area contributed by atoms with Crippen LogP contribution in [0.5, 0.6) is 5.75 Å². The molecule has 19 heavy (non-hydrogen) atoms. The topological polar surface area (TPSA) is 67.4 Å². The number of nitrogens with one attached hydrogen (secondary N) is 2. The Morgan fingerprint density at radius 3 is 2.68 bits per heavy atom. The van der Waals surface area contributed by atoms with E-state index in [1.54, 1.807) is 7.05 Å². The SMILES string of the molecule is CNCCCCS(=O)(=O)Nc1cc(OC)ccc1F. The smallest absolute Gasteiger partial charge is 0.232 e. The minimum atomic E-state index is -3.54. The molecule has 0 aliphatic carbocycles. The fourth-order valence-electron chi connectivity index (χ4n) is 1.52. The average molecular weight is 290 g/mol. The van der Waals surface area contributed by atoms with E-state index in [1.165, 1.54) is 19.2 Å². The highest BCUT2D eigenvalue weighted by Crippen LogP contribution is 2.22. The van der Waals surface area contributed by atoms with E-state index in [1.807, 2.05) is 0 Å². The number of sulfonamides is 1. The van der Waals surface area contributed by atoms with Gasteiger partial charge in [0.15, 0.2) is 0 Å². The summed E-state index contributed by atoms with van der Waals surface area (Å²) in [7, 11) is -0.298. The van der Waals surface area contributed by atoms with Crippen molar-refractivity contribution in [1.82, 2.24) is 5.32 Å². The number of benzene rings is 1. The molecule has 0 heterocycles. The molecule has 7 heteroatoms. The number of methoxy groups -OCH3 is 1. The molecule has 0 fully saturated rings. The third-order valence-corrected chi connectivity index (χ3v) is 3.89. The molecule has 0 spiro atoms. The maximum Gasteiger partial charge on any atom is 0.232 e. The lowest BCUT2D eigenvalue weighted by atomic mass is 10.3. The Labute approximate surface area is 113 Å². The highest BCUT2D eigenvalue weighted by atomic mass is 32.2. The summed E-state index contributed by atoms with van der Waals surface area (Å²) in [6.45, 7) is 0.753. The van der Waals surface area contributed by atoms with Crippen LogP contribution >= 0.6 is 0 Å². The molecule has 0 aliphatic heterocycles. The molecule has 5 nitrogen and oxygen atoms in total. The summed E-state index contributed by atoms with van der Waals surface area (Å²) in [6, 6.07) is 3.91. The quantitative estimate of drug-likeness (QED) is 0.713. The maximum absolute atomic E-state index is 13.5. The summed E-state index contributed by atoms with van der Waals surface area (Å²) >= 11 is 0. The first-order valence-electron chi connectivity index (χ1n) is 5.97. The van der Waals surface area contributed by atoms with Crippen LogP contribution in [-0.2, 0) is 10.0 Å². The van der Waals surface area contributed by atoms with Gasteiger partial charge in [-0.1, -0.05) is 0 Å². The molecule has 0 aliphatic rings. The van der Waals surface area contributed by atoms with Crippen molar-refractivity contribution in [1.29, 1.82) is 0 Å². The van der Waals surface area contributed by atoms with Gasteiger partial charge in [0.2, 0.25) is 10.0 Å². The van der Waals surface area contributed by atoms with Crippen molar-refractivity contribution in [2.45, 2.75) is 12.8 Å². The number of unbranched alkanes of at least 4 members (excludes halogenated alkanes) is 1. The second-order valence-electron chi connectivity index (χ2n) is 4.08. The second kappa shape index (κ2) is 7.30. The molecular formula is C12H19FN2O3S. The zero-order chi connectivity index (χ0) is 14.3. The van der Waals surface area contributed by atoms with Crippen LogP contribution in [0.2, 0.25) is 0 Å². The van der Waals surface area contributed by atoms with Crippen LogP contribution in [0.4, 0.5) is 10.1 Å². The van der Waals surface area contributed by atoms with Gasteiger partial charge in [0.1, 0.15) is 11.6 Å². The molecule has 1 rings (SSSR count). The Bertz CT molecular complexity index is 506. The van der Waals surface area contributed by atoms with E-state index >= 15 is 0 Å². The minimum Gasteiger partial charge on any atom is -0.497 e. The fraction of sp³-hybridized carbons (Fsp3) is 0.500. The van der Waals surface area contributed by atoms with Gasteiger partial charge in [-0.15, -0.1) is 0 Å². The number of ether oxygens (including phenoxy) is 1. The van der Waals surface area contributed by atoms with Crippen LogP contribution in [0.3, 0.4) is 0 Å². The maximum atomic E-state index is 13.5. The van der Waals surface area contributed by atoms with Crippen LogP contribution in [-0.4, -0.2) is 34.9 Å². The Kier molecular flexibility index (Phi) is 6.04. The van der Waals surface area contributed by atoms with E-state index in [2.05, 4.69) is 10.0 Å². The summed E-state index contributed by atoms with van der Waals surface area (Å²) in [5.74, 6) is -0.264. The van der Waals surface area contributed by atoms with Gasteiger partial charge in [-0.2, -0.15) is 0 Å². The van der Waals surface area contributed by atoms with Gasteiger partial charge >= 0.3 is 0 Å². The molecule has 0 unspecified atom stereocenters.